The van der Waals surface area contributed by atoms with Crippen molar-refractivity contribution in [3.05, 3.63) is 20.8 Å². The maximum Gasteiger partial charge on any atom is 0.315 e. The molecule has 2 N–H and O–H groups in total. The fourth-order valence-electron chi connectivity index (χ4n) is 3.90. The molecule has 1 aromatic heterocycles. The highest BCUT2D eigenvalue weighted by Crippen LogP contribution is 2.23. The summed E-state index contributed by atoms with van der Waals surface area (Å²) < 4.78 is 1.16. The Bertz CT molecular complexity index is 640. The molecule has 0 unspecified atom stereocenters. The minimum atomic E-state index is -0.0897. The average molecular weight is 471 g/mol. The van der Waals surface area contributed by atoms with Gasteiger partial charge in [0.15, 0.2) is 0 Å². The van der Waals surface area contributed by atoms with Gasteiger partial charge < -0.3 is 15.5 Å². The van der Waals surface area contributed by atoms with Crippen LogP contribution in [0.5, 0.6) is 0 Å². The molecule has 8 heteroatoms. The summed E-state index contributed by atoms with van der Waals surface area (Å²) in [5, 5.41) is 5.94. The Balaban J connectivity index is 1.25. The summed E-state index contributed by atoms with van der Waals surface area (Å²) in [5.74, 6) is 0.202. The Morgan fingerprint density at radius 1 is 1.11 bits per heavy atom. The fourth-order valence-corrected chi connectivity index (χ4v) is 5.42. The predicted molar refractivity (Wildman–Crippen MR) is 117 cm³/mol. The van der Waals surface area contributed by atoms with Gasteiger partial charge in [0.2, 0.25) is 5.91 Å². The summed E-state index contributed by atoms with van der Waals surface area (Å²) in [6.45, 7) is 4.93. The minimum absolute atomic E-state index is 0.0897. The van der Waals surface area contributed by atoms with Gasteiger partial charge in [-0.3, -0.25) is 9.69 Å². The maximum atomic E-state index is 12.4. The lowest BCUT2D eigenvalue weighted by Crippen LogP contribution is -2.48. The third-order valence-electron chi connectivity index (χ3n) is 5.53. The summed E-state index contributed by atoms with van der Waals surface area (Å²) in [6.07, 6.45) is 7.06. The number of urea groups is 1. The molecule has 3 amide bonds. The van der Waals surface area contributed by atoms with Crippen molar-refractivity contribution in [3.8, 4) is 0 Å². The number of amides is 3. The van der Waals surface area contributed by atoms with E-state index in [1.807, 2.05) is 4.90 Å². The molecule has 1 aromatic rings. The van der Waals surface area contributed by atoms with Crippen LogP contribution in [0.15, 0.2) is 15.9 Å². The highest BCUT2D eigenvalue weighted by Gasteiger charge is 2.21. The van der Waals surface area contributed by atoms with E-state index in [4.69, 9.17) is 0 Å². The number of rotatable bonds is 7. The lowest BCUT2D eigenvalue weighted by Gasteiger charge is -2.34. The van der Waals surface area contributed by atoms with Crippen LogP contribution in [0.2, 0.25) is 0 Å². The molecular formula is C20H31BrN4O2S. The predicted octanol–water partition coefficient (Wildman–Crippen LogP) is 3.57. The van der Waals surface area contributed by atoms with Gasteiger partial charge in [-0.25, -0.2) is 4.79 Å². The number of piperazine rings is 1. The molecule has 28 heavy (non-hydrogen) atoms. The van der Waals surface area contributed by atoms with Crippen molar-refractivity contribution in [2.75, 3.05) is 32.7 Å². The van der Waals surface area contributed by atoms with Gasteiger partial charge in [0, 0.05) is 56.6 Å². The Labute approximate surface area is 180 Å². The first-order valence-electron chi connectivity index (χ1n) is 10.4. The van der Waals surface area contributed by atoms with Gasteiger partial charge in [-0.1, -0.05) is 19.3 Å². The molecule has 0 radical (unpaired) electrons. The van der Waals surface area contributed by atoms with Crippen molar-refractivity contribution in [1.29, 1.82) is 0 Å². The van der Waals surface area contributed by atoms with E-state index in [1.54, 1.807) is 11.3 Å². The standard InChI is InChI=1S/C20H31BrN4O2S/c21-18-9-8-17(28-18)15-24-11-13-25(14-12-24)19(26)7-4-10-22-20(27)23-16-5-2-1-3-6-16/h8-9,16H,1-7,10-15H2,(H2,22,23,27). The molecule has 2 aliphatic rings. The molecule has 0 spiro atoms. The fraction of sp³-hybridized carbons (Fsp3) is 0.700. The summed E-state index contributed by atoms with van der Waals surface area (Å²) in [5.41, 5.74) is 0. The van der Waals surface area contributed by atoms with Crippen molar-refractivity contribution in [3.63, 3.8) is 0 Å². The van der Waals surface area contributed by atoms with Gasteiger partial charge in [-0.05, 0) is 47.3 Å². The number of carbonyl (C=O) groups excluding carboxylic acids is 2. The average Bonchev–Trinajstić information content (AvgIpc) is 3.11. The van der Waals surface area contributed by atoms with Crippen molar-refractivity contribution < 1.29 is 9.59 Å². The first kappa shape index (κ1) is 21.6. The van der Waals surface area contributed by atoms with E-state index in [9.17, 15) is 9.59 Å². The van der Waals surface area contributed by atoms with Gasteiger partial charge in [-0.15, -0.1) is 11.3 Å². The first-order valence-corrected chi connectivity index (χ1v) is 12.0. The van der Waals surface area contributed by atoms with Crippen LogP contribution in [0.25, 0.3) is 0 Å². The second kappa shape index (κ2) is 11.2. The summed E-state index contributed by atoms with van der Waals surface area (Å²) in [4.78, 5) is 30.0. The molecule has 0 aromatic carbocycles. The normalized spacial score (nSPS) is 18.8. The smallest absolute Gasteiger partial charge is 0.315 e. The zero-order valence-corrected chi connectivity index (χ0v) is 18.8. The maximum absolute atomic E-state index is 12.4. The molecule has 3 rings (SSSR count). The summed E-state index contributed by atoms with van der Waals surface area (Å²) in [7, 11) is 0. The molecule has 1 saturated heterocycles. The number of nitrogens with zero attached hydrogens (tertiary/aromatic N) is 2. The van der Waals surface area contributed by atoms with Gasteiger partial charge in [0.05, 0.1) is 3.79 Å². The Morgan fingerprint density at radius 3 is 2.54 bits per heavy atom. The molecule has 2 fully saturated rings. The monoisotopic (exact) mass is 470 g/mol. The van der Waals surface area contributed by atoms with Crippen LogP contribution in [0.4, 0.5) is 4.79 Å². The Morgan fingerprint density at radius 2 is 1.86 bits per heavy atom. The second-order valence-electron chi connectivity index (χ2n) is 7.70. The topological polar surface area (TPSA) is 64.7 Å². The van der Waals surface area contributed by atoms with Crippen molar-refractivity contribution in [1.82, 2.24) is 20.4 Å². The zero-order valence-electron chi connectivity index (χ0n) is 16.4. The lowest BCUT2D eigenvalue weighted by atomic mass is 9.96. The molecule has 0 atom stereocenters. The highest BCUT2D eigenvalue weighted by atomic mass is 79.9. The van der Waals surface area contributed by atoms with Gasteiger partial charge in [-0.2, -0.15) is 0 Å². The van der Waals surface area contributed by atoms with E-state index in [0.717, 1.165) is 49.4 Å². The number of halogens is 1. The molecule has 1 aliphatic heterocycles. The van der Waals surface area contributed by atoms with E-state index in [1.165, 1.54) is 24.1 Å². The number of hydrogen-bond acceptors (Lipinski definition) is 4. The van der Waals surface area contributed by atoms with Crippen LogP contribution >= 0.6 is 27.3 Å². The van der Waals surface area contributed by atoms with E-state index >= 15 is 0 Å². The number of nitrogens with one attached hydrogen (secondary N) is 2. The van der Waals surface area contributed by atoms with E-state index < -0.39 is 0 Å². The van der Waals surface area contributed by atoms with Crippen molar-refractivity contribution >= 4 is 39.2 Å². The minimum Gasteiger partial charge on any atom is -0.340 e. The van der Waals surface area contributed by atoms with Crippen LogP contribution in [-0.2, 0) is 11.3 Å². The molecule has 2 heterocycles. The zero-order chi connectivity index (χ0) is 19.8. The second-order valence-corrected chi connectivity index (χ2v) is 10.2. The van der Waals surface area contributed by atoms with Gasteiger partial charge >= 0.3 is 6.03 Å². The summed E-state index contributed by atoms with van der Waals surface area (Å²) >= 11 is 5.28. The molecule has 6 nitrogen and oxygen atoms in total. The van der Waals surface area contributed by atoms with E-state index in [2.05, 4.69) is 43.6 Å². The van der Waals surface area contributed by atoms with Crippen LogP contribution in [-0.4, -0.2) is 60.5 Å². The Kier molecular flexibility index (Phi) is 8.61. The SMILES string of the molecule is O=C(NCCCC(=O)N1CCN(Cc2ccc(Br)s2)CC1)NC1CCCCC1. The molecular weight excluding hydrogens is 440 g/mol. The molecule has 0 bridgehead atoms. The molecule has 156 valence electrons. The lowest BCUT2D eigenvalue weighted by molar-refractivity contribution is -0.133. The summed E-state index contributed by atoms with van der Waals surface area (Å²) in [6, 6.07) is 4.47. The van der Waals surface area contributed by atoms with Crippen LogP contribution < -0.4 is 10.6 Å². The number of hydrogen-bond donors (Lipinski definition) is 2. The van der Waals surface area contributed by atoms with Gasteiger partial charge in [0.1, 0.15) is 0 Å². The van der Waals surface area contributed by atoms with E-state index in [0.29, 0.717) is 25.4 Å². The van der Waals surface area contributed by atoms with Gasteiger partial charge in [0.25, 0.3) is 0 Å². The highest BCUT2D eigenvalue weighted by molar-refractivity contribution is 9.11. The third-order valence-corrected chi connectivity index (χ3v) is 7.14. The van der Waals surface area contributed by atoms with Crippen LogP contribution in [0.3, 0.4) is 0 Å². The number of thiophene rings is 1. The van der Waals surface area contributed by atoms with Crippen LogP contribution in [0, 0.1) is 0 Å². The van der Waals surface area contributed by atoms with E-state index in [-0.39, 0.29) is 11.9 Å². The first-order chi connectivity index (χ1) is 13.6. The molecule has 1 saturated carbocycles. The molecule has 1 aliphatic carbocycles. The number of carbonyl (C=O) groups is 2. The third kappa shape index (κ3) is 7.04. The van der Waals surface area contributed by atoms with Crippen molar-refractivity contribution in [2.45, 2.75) is 57.5 Å². The Hall–Kier alpha value is -1.12. The van der Waals surface area contributed by atoms with Crippen LogP contribution in [0.1, 0.15) is 49.8 Å². The largest absolute Gasteiger partial charge is 0.340 e. The quantitative estimate of drug-likeness (QED) is 0.598. The van der Waals surface area contributed by atoms with Crippen molar-refractivity contribution in [2.24, 2.45) is 0 Å².